The van der Waals surface area contributed by atoms with Crippen molar-refractivity contribution >= 4 is 9.84 Å². The average Bonchev–Trinajstić information content (AvgIpc) is 2.12. The van der Waals surface area contributed by atoms with E-state index in [-0.39, 0.29) is 5.92 Å². The van der Waals surface area contributed by atoms with E-state index in [2.05, 4.69) is 4.74 Å². The summed E-state index contributed by atoms with van der Waals surface area (Å²) in [5.74, 6) is -0.717. The Morgan fingerprint density at radius 3 is 2.17 bits per heavy atom. The highest BCUT2D eigenvalue weighted by Gasteiger charge is 2.33. The van der Waals surface area contributed by atoms with E-state index in [4.69, 9.17) is 0 Å². The molecule has 0 fully saturated rings. The lowest BCUT2D eigenvalue weighted by atomic mass is 10.0. The highest BCUT2D eigenvalue weighted by atomic mass is 32.2. The highest BCUT2D eigenvalue weighted by Crippen LogP contribution is 2.32. The van der Waals surface area contributed by atoms with Gasteiger partial charge in [-0.25, -0.2) is 8.42 Å². The fourth-order valence-electron chi connectivity index (χ4n) is 1.39. The molecule has 0 aliphatic rings. The van der Waals surface area contributed by atoms with Crippen molar-refractivity contribution in [3.63, 3.8) is 0 Å². The Morgan fingerprint density at radius 2 is 1.78 bits per heavy atom. The number of benzene rings is 1. The van der Waals surface area contributed by atoms with Gasteiger partial charge in [-0.05, 0) is 23.6 Å². The second-order valence-electron chi connectivity index (χ2n) is 4.18. The predicted octanol–water partition coefficient (Wildman–Crippen LogP) is 3.11. The fourth-order valence-corrected chi connectivity index (χ4v) is 2.18. The summed E-state index contributed by atoms with van der Waals surface area (Å²) in [6, 6.07) is 3.71. The number of ether oxygens (including phenoxy) is 1. The maximum absolute atomic E-state index is 12.2. The van der Waals surface area contributed by atoms with Crippen LogP contribution in [0.1, 0.15) is 25.3 Å². The van der Waals surface area contributed by atoms with Crippen molar-refractivity contribution in [3.05, 3.63) is 23.8 Å². The van der Waals surface area contributed by atoms with Crippen molar-refractivity contribution in [2.75, 3.05) is 6.26 Å². The van der Waals surface area contributed by atoms with Crippen LogP contribution in [0.25, 0.3) is 0 Å². The molecule has 0 spiro atoms. The topological polar surface area (TPSA) is 43.4 Å². The molecule has 3 nitrogen and oxygen atoms in total. The minimum absolute atomic E-state index is 0.0332. The van der Waals surface area contributed by atoms with Crippen LogP contribution in [-0.2, 0) is 9.84 Å². The largest absolute Gasteiger partial charge is 0.573 e. The highest BCUT2D eigenvalue weighted by molar-refractivity contribution is 7.90. The predicted molar refractivity (Wildman–Crippen MR) is 60.3 cm³/mol. The number of alkyl halides is 3. The molecular weight excluding hydrogens is 269 g/mol. The SMILES string of the molecule is CC(C)c1ccc(S(C)(=O)=O)c(OC(F)(F)F)c1. The lowest BCUT2D eigenvalue weighted by molar-refractivity contribution is -0.275. The molecule has 0 aliphatic heterocycles. The molecule has 1 aromatic carbocycles. The number of halogens is 3. The molecule has 0 radical (unpaired) electrons. The zero-order chi connectivity index (χ0) is 14.1. The number of hydrogen-bond acceptors (Lipinski definition) is 3. The summed E-state index contributed by atoms with van der Waals surface area (Å²) < 4.78 is 63.2. The molecule has 0 aromatic heterocycles. The van der Waals surface area contributed by atoms with Gasteiger partial charge in [0.05, 0.1) is 0 Å². The fraction of sp³-hybridized carbons (Fsp3) is 0.455. The van der Waals surface area contributed by atoms with Gasteiger partial charge in [0.25, 0.3) is 0 Å². The van der Waals surface area contributed by atoms with Gasteiger partial charge in [0.1, 0.15) is 10.6 Å². The summed E-state index contributed by atoms with van der Waals surface area (Å²) >= 11 is 0. The van der Waals surface area contributed by atoms with Gasteiger partial charge in [0.15, 0.2) is 9.84 Å². The minimum atomic E-state index is -4.92. The lowest BCUT2D eigenvalue weighted by Gasteiger charge is -2.15. The second-order valence-corrected chi connectivity index (χ2v) is 6.16. The van der Waals surface area contributed by atoms with Crippen molar-refractivity contribution < 1.29 is 26.3 Å². The van der Waals surface area contributed by atoms with E-state index in [1.165, 1.54) is 6.07 Å². The Hall–Kier alpha value is -1.24. The molecule has 0 N–H and O–H groups in total. The third-order valence-electron chi connectivity index (χ3n) is 2.26. The van der Waals surface area contributed by atoms with E-state index in [9.17, 15) is 21.6 Å². The van der Waals surface area contributed by atoms with E-state index < -0.39 is 26.8 Å². The first-order valence-corrected chi connectivity index (χ1v) is 6.99. The Bertz CT molecular complexity index is 533. The summed E-state index contributed by atoms with van der Waals surface area (Å²) in [6.45, 7) is 3.57. The van der Waals surface area contributed by atoms with E-state index >= 15 is 0 Å². The van der Waals surface area contributed by atoms with Gasteiger partial charge in [-0.3, -0.25) is 0 Å². The van der Waals surface area contributed by atoms with Crippen molar-refractivity contribution in [3.8, 4) is 5.75 Å². The van der Waals surface area contributed by atoms with Gasteiger partial charge in [0, 0.05) is 6.26 Å². The summed E-state index contributed by atoms with van der Waals surface area (Å²) in [7, 11) is -3.77. The van der Waals surface area contributed by atoms with Crippen molar-refractivity contribution in [1.29, 1.82) is 0 Å². The summed E-state index contributed by atoms with van der Waals surface area (Å²) in [5.41, 5.74) is 0.571. The number of rotatable bonds is 3. The second kappa shape index (κ2) is 4.79. The molecule has 7 heteroatoms. The Labute approximate surface area is 103 Å². The minimum Gasteiger partial charge on any atom is -0.404 e. The van der Waals surface area contributed by atoms with Crippen LogP contribution in [0.4, 0.5) is 13.2 Å². The van der Waals surface area contributed by atoms with Crippen LogP contribution < -0.4 is 4.74 Å². The summed E-state index contributed by atoms with van der Waals surface area (Å²) in [5, 5.41) is 0. The van der Waals surface area contributed by atoms with Crippen LogP contribution in [0.2, 0.25) is 0 Å². The van der Waals surface area contributed by atoms with Gasteiger partial charge in [-0.15, -0.1) is 13.2 Å². The van der Waals surface area contributed by atoms with Crippen LogP contribution >= 0.6 is 0 Å². The normalized spacial score (nSPS) is 12.8. The monoisotopic (exact) mass is 282 g/mol. The van der Waals surface area contributed by atoms with Gasteiger partial charge in [-0.1, -0.05) is 19.9 Å². The third-order valence-corrected chi connectivity index (χ3v) is 3.40. The average molecular weight is 282 g/mol. The van der Waals surface area contributed by atoms with Crippen LogP contribution in [0, 0.1) is 0 Å². The molecule has 0 amide bonds. The molecule has 1 rings (SSSR count). The van der Waals surface area contributed by atoms with Crippen molar-refractivity contribution in [1.82, 2.24) is 0 Å². The Morgan fingerprint density at radius 1 is 1.22 bits per heavy atom. The zero-order valence-corrected chi connectivity index (χ0v) is 10.9. The van der Waals surface area contributed by atoms with Crippen molar-refractivity contribution in [2.24, 2.45) is 0 Å². The smallest absolute Gasteiger partial charge is 0.404 e. The van der Waals surface area contributed by atoms with E-state index in [0.29, 0.717) is 5.56 Å². The maximum Gasteiger partial charge on any atom is 0.573 e. The van der Waals surface area contributed by atoms with Gasteiger partial charge in [0.2, 0.25) is 0 Å². The molecule has 0 saturated heterocycles. The molecule has 0 bridgehead atoms. The standard InChI is InChI=1S/C11H13F3O3S/c1-7(2)8-4-5-10(18(3,15)16)9(6-8)17-11(12,13)14/h4-7H,1-3H3. The third kappa shape index (κ3) is 3.90. The van der Waals surface area contributed by atoms with Crippen molar-refractivity contribution in [2.45, 2.75) is 31.0 Å². The first kappa shape index (κ1) is 14.8. The van der Waals surface area contributed by atoms with E-state index in [1.807, 2.05) is 0 Å². The lowest BCUT2D eigenvalue weighted by Crippen LogP contribution is -2.19. The molecular formula is C11H13F3O3S. The molecule has 18 heavy (non-hydrogen) atoms. The molecule has 0 unspecified atom stereocenters. The van der Waals surface area contributed by atoms with Gasteiger partial charge in [-0.2, -0.15) is 0 Å². The quantitative estimate of drug-likeness (QED) is 0.855. The Balaban J connectivity index is 3.36. The molecule has 0 heterocycles. The summed E-state index contributed by atoms with van der Waals surface area (Å²) in [6.07, 6.45) is -4.09. The number of sulfone groups is 1. The maximum atomic E-state index is 12.2. The Kier molecular flexibility index (Phi) is 3.95. The first-order chi connectivity index (χ1) is 8.00. The molecule has 0 atom stereocenters. The van der Waals surface area contributed by atoms with Crippen LogP contribution in [0.3, 0.4) is 0 Å². The van der Waals surface area contributed by atoms with Crippen LogP contribution in [-0.4, -0.2) is 21.0 Å². The summed E-state index contributed by atoms with van der Waals surface area (Å²) in [4.78, 5) is -0.468. The first-order valence-electron chi connectivity index (χ1n) is 5.10. The number of hydrogen-bond donors (Lipinski definition) is 0. The molecule has 102 valence electrons. The van der Waals surface area contributed by atoms with E-state index in [0.717, 1.165) is 18.4 Å². The molecule has 1 aromatic rings. The van der Waals surface area contributed by atoms with Gasteiger partial charge >= 0.3 is 6.36 Å². The van der Waals surface area contributed by atoms with E-state index in [1.54, 1.807) is 13.8 Å². The van der Waals surface area contributed by atoms with Crippen LogP contribution in [0.15, 0.2) is 23.1 Å². The molecule has 0 saturated carbocycles. The molecule has 0 aliphatic carbocycles. The van der Waals surface area contributed by atoms with Gasteiger partial charge < -0.3 is 4.74 Å². The van der Waals surface area contributed by atoms with Crippen LogP contribution in [0.5, 0.6) is 5.75 Å². The zero-order valence-electron chi connectivity index (χ0n) is 10.1.